The molecule has 20 heavy (non-hydrogen) atoms. The molecule has 5 heteroatoms. The Hall–Kier alpha value is -0.650. The molecular formula is C15H29N3O2. The molecule has 0 aromatic rings. The van der Waals surface area contributed by atoms with E-state index in [-0.39, 0.29) is 12.0 Å². The lowest BCUT2D eigenvalue weighted by Crippen LogP contribution is -2.50. The first-order valence-electron chi connectivity index (χ1n) is 8.01. The zero-order chi connectivity index (χ0) is 14.4. The molecule has 0 spiro atoms. The lowest BCUT2D eigenvalue weighted by Gasteiger charge is -2.35. The average Bonchev–Trinajstić information content (AvgIpc) is 2.48. The first-order valence-corrected chi connectivity index (χ1v) is 8.01. The maximum atomic E-state index is 12.0. The molecule has 2 rings (SSSR count). The van der Waals surface area contributed by atoms with E-state index in [0.717, 1.165) is 52.2 Å². The fourth-order valence-corrected chi connectivity index (χ4v) is 2.93. The Morgan fingerprint density at radius 3 is 2.70 bits per heavy atom. The Labute approximate surface area is 122 Å². The number of morpholine rings is 1. The van der Waals surface area contributed by atoms with Crippen LogP contribution in [0.3, 0.4) is 0 Å². The van der Waals surface area contributed by atoms with Gasteiger partial charge in [0.2, 0.25) is 5.91 Å². The molecule has 0 aliphatic carbocycles. The molecule has 0 saturated carbocycles. The van der Waals surface area contributed by atoms with E-state index in [1.807, 2.05) is 4.90 Å². The molecule has 5 nitrogen and oxygen atoms in total. The van der Waals surface area contributed by atoms with Crippen molar-refractivity contribution in [1.29, 1.82) is 0 Å². The Balaban J connectivity index is 1.63. The standard InChI is InChI=1S/C15H29N3O2/c1-13(2)18-8-9-20-14(12-18)10-16-11-15(19)17-6-4-3-5-7-17/h13-14,16H,3-12H2,1-2H3. The van der Waals surface area contributed by atoms with E-state index in [2.05, 4.69) is 24.1 Å². The second-order valence-corrected chi connectivity index (χ2v) is 6.15. The molecule has 2 fully saturated rings. The number of nitrogens with one attached hydrogen (secondary N) is 1. The number of hydrogen-bond donors (Lipinski definition) is 1. The van der Waals surface area contributed by atoms with Crippen molar-refractivity contribution in [1.82, 2.24) is 15.1 Å². The van der Waals surface area contributed by atoms with Gasteiger partial charge in [-0.1, -0.05) is 0 Å². The smallest absolute Gasteiger partial charge is 0.236 e. The van der Waals surface area contributed by atoms with Crippen LogP contribution in [-0.2, 0) is 9.53 Å². The minimum absolute atomic E-state index is 0.209. The second-order valence-electron chi connectivity index (χ2n) is 6.15. The highest BCUT2D eigenvalue weighted by molar-refractivity contribution is 5.78. The molecule has 1 unspecified atom stereocenters. The van der Waals surface area contributed by atoms with Crippen LogP contribution in [0.15, 0.2) is 0 Å². The van der Waals surface area contributed by atoms with Crippen LogP contribution in [0.2, 0.25) is 0 Å². The first-order chi connectivity index (χ1) is 9.66. The highest BCUT2D eigenvalue weighted by Crippen LogP contribution is 2.09. The zero-order valence-corrected chi connectivity index (χ0v) is 12.9. The van der Waals surface area contributed by atoms with Crippen molar-refractivity contribution in [2.24, 2.45) is 0 Å². The van der Waals surface area contributed by atoms with E-state index in [0.29, 0.717) is 12.6 Å². The van der Waals surface area contributed by atoms with E-state index >= 15 is 0 Å². The zero-order valence-electron chi connectivity index (χ0n) is 12.9. The van der Waals surface area contributed by atoms with Crippen LogP contribution in [-0.4, -0.2) is 73.7 Å². The summed E-state index contributed by atoms with van der Waals surface area (Å²) in [5.41, 5.74) is 0. The fraction of sp³-hybridized carbons (Fsp3) is 0.933. The summed E-state index contributed by atoms with van der Waals surface area (Å²) < 4.78 is 5.76. The number of amides is 1. The number of hydrogen-bond acceptors (Lipinski definition) is 4. The Bertz CT molecular complexity index is 303. The topological polar surface area (TPSA) is 44.8 Å². The van der Waals surface area contributed by atoms with Gasteiger partial charge in [0.1, 0.15) is 0 Å². The van der Waals surface area contributed by atoms with Crippen molar-refractivity contribution in [2.75, 3.05) is 45.9 Å². The fourth-order valence-electron chi connectivity index (χ4n) is 2.93. The molecular weight excluding hydrogens is 254 g/mol. The molecule has 2 saturated heterocycles. The third-order valence-electron chi connectivity index (χ3n) is 4.26. The third kappa shape index (κ3) is 4.72. The summed E-state index contributed by atoms with van der Waals surface area (Å²) >= 11 is 0. The maximum Gasteiger partial charge on any atom is 0.236 e. The van der Waals surface area contributed by atoms with E-state index in [1.54, 1.807) is 0 Å². The summed E-state index contributed by atoms with van der Waals surface area (Å²) in [6, 6.07) is 0.566. The third-order valence-corrected chi connectivity index (χ3v) is 4.26. The van der Waals surface area contributed by atoms with Crippen LogP contribution in [0, 0.1) is 0 Å². The Morgan fingerprint density at radius 1 is 1.25 bits per heavy atom. The monoisotopic (exact) mass is 283 g/mol. The van der Waals surface area contributed by atoms with Gasteiger partial charge in [0.15, 0.2) is 0 Å². The van der Waals surface area contributed by atoms with Gasteiger partial charge in [-0.15, -0.1) is 0 Å². The van der Waals surface area contributed by atoms with E-state index < -0.39 is 0 Å². The van der Waals surface area contributed by atoms with Crippen molar-refractivity contribution < 1.29 is 9.53 Å². The first kappa shape index (κ1) is 15.7. The molecule has 1 N–H and O–H groups in total. The lowest BCUT2D eigenvalue weighted by atomic mass is 10.1. The number of carbonyl (C=O) groups is 1. The van der Waals surface area contributed by atoms with Gasteiger partial charge in [0.05, 0.1) is 19.3 Å². The van der Waals surface area contributed by atoms with E-state index in [4.69, 9.17) is 4.74 Å². The maximum absolute atomic E-state index is 12.0. The van der Waals surface area contributed by atoms with Gasteiger partial charge in [0.25, 0.3) is 0 Å². The van der Waals surface area contributed by atoms with Gasteiger partial charge in [-0.05, 0) is 33.1 Å². The summed E-state index contributed by atoms with van der Waals surface area (Å²) in [7, 11) is 0. The average molecular weight is 283 g/mol. The number of likely N-dealkylation sites (tertiary alicyclic amines) is 1. The van der Waals surface area contributed by atoms with Crippen molar-refractivity contribution in [3.05, 3.63) is 0 Å². The number of ether oxygens (including phenoxy) is 1. The van der Waals surface area contributed by atoms with Crippen molar-refractivity contribution in [3.63, 3.8) is 0 Å². The minimum atomic E-state index is 0.209. The summed E-state index contributed by atoms with van der Waals surface area (Å²) in [4.78, 5) is 16.4. The van der Waals surface area contributed by atoms with Crippen molar-refractivity contribution in [3.8, 4) is 0 Å². The summed E-state index contributed by atoms with van der Waals surface area (Å²) in [6.07, 6.45) is 3.78. The highest BCUT2D eigenvalue weighted by atomic mass is 16.5. The van der Waals surface area contributed by atoms with Crippen LogP contribution >= 0.6 is 0 Å². The van der Waals surface area contributed by atoms with Gasteiger partial charge in [-0.25, -0.2) is 0 Å². The summed E-state index contributed by atoms with van der Waals surface area (Å²) in [5, 5.41) is 3.27. The van der Waals surface area contributed by atoms with E-state index in [1.165, 1.54) is 6.42 Å². The van der Waals surface area contributed by atoms with Crippen LogP contribution < -0.4 is 5.32 Å². The van der Waals surface area contributed by atoms with Crippen molar-refractivity contribution in [2.45, 2.75) is 45.3 Å². The number of carbonyl (C=O) groups excluding carboxylic acids is 1. The van der Waals surface area contributed by atoms with E-state index in [9.17, 15) is 4.79 Å². The molecule has 0 aromatic heterocycles. The summed E-state index contributed by atoms with van der Waals surface area (Å²) in [6.45, 7) is 10.3. The molecule has 1 amide bonds. The number of nitrogens with zero attached hydrogens (tertiary/aromatic N) is 2. The lowest BCUT2D eigenvalue weighted by molar-refractivity contribution is -0.131. The molecule has 2 aliphatic heterocycles. The molecule has 2 aliphatic rings. The predicted molar refractivity (Wildman–Crippen MR) is 79.7 cm³/mol. The SMILES string of the molecule is CC(C)N1CCOC(CNCC(=O)N2CCCCC2)C1. The molecule has 1 atom stereocenters. The van der Waals surface area contributed by atoms with Crippen LogP contribution in [0.25, 0.3) is 0 Å². The van der Waals surface area contributed by atoms with Crippen molar-refractivity contribution >= 4 is 5.91 Å². The second kappa shape index (κ2) is 7.96. The van der Waals surface area contributed by atoms with Gasteiger partial charge in [-0.3, -0.25) is 9.69 Å². The highest BCUT2D eigenvalue weighted by Gasteiger charge is 2.22. The molecule has 2 heterocycles. The number of piperidine rings is 1. The van der Waals surface area contributed by atoms with Crippen LogP contribution in [0.4, 0.5) is 0 Å². The van der Waals surface area contributed by atoms with Gasteiger partial charge in [0, 0.05) is 38.8 Å². The Morgan fingerprint density at radius 2 is 2.00 bits per heavy atom. The minimum Gasteiger partial charge on any atom is -0.374 e. The molecule has 116 valence electrons. The molecule has 0 radical (unpaired) electrons. The number of rotatable bonds is 5. The largest absolute Gasteiger partial charge is 0.374 e. The summed E-state index contributed by atoms with van der Waals surface area (Å²) in [5.74, 6) is 0.237. The van der Waals surface area contributed by atoms with Crippen LogP contribution in [0.5, 0.6) is 0 Å². The Kier molecular flexibility index (Phi) is 6.26. The molecule has 0 aromatic carbocycles. The van der Waals surface area contributed by atoms with Gasteiger partial charge < -0.3 is 15.0 Å². The van der Waals surface area contributed by atoms with Gasteiger partial charge >= 0.3 is 0 Å². The predicted octanol–water partition coefficient (Wildman–Crippen LogP) is 0.698. The molecule has 0 bridgehead atoms. The van der Waals surface area contributed by atoms with Gasteiger partial charge in [-0.2, -0.15) is 0 Å². The van der Waals surface area contributed by atoms with Crippen LogP contribution in [0.1, 0.15) is 33.1 Å². The quantitative estimate of drug-likeness (QED) is 0.807. The normalized spacial score (nSPS) is 25.1.